The molecule has 1 heterocycles. The fourth-order valence-corrected chi connectivity index (χ4v) is 1.92. The second-order valence-electron chi connectivity index (χ2n) is 3.92. The maximum Gasteiger partial charge on any atom is 0.219 e. The maximum absolute atomic E-state index is 12.6. The van der Waals surface area contributed by atoms with Crippen LogP contribution in [0.25, 0.3) is 0 Å². The predicted octanol–water partition coefficient (Wildman–Crippen LogP) is 2.34. The summed E-state index contributed by atoms with van der Waals surface area (Å²) in [5, 5.41) is 0. The second-order valence-corrected chi connectivity index (χ2v) is 3.92. The van der Waals surface area contributed by atoms with E-state index in [0.717, 1.165) is 0 Å². The summed E-state index contributed by atoms with van der Waals surface area (Å²) in [7, 11) is 4.51. The molecule has 2 rings (SSSR count). The monoisotopic (exact) mass is 273 g/mol. The van der Waals surface area contributed by atoms with Crippen LogP contribution in [-0.4, -0.2) is 32.1 Å². The molecule has 0 bridgehead atoms. The molecule has 0 aliphatic rings. The minimum atomic E-state index is -0.279. The number of hydrogen-bond donors (Lipinski definition) is 0. The Morgan fingerprint density at radius 2 is 1.65 bits per heavy atom. The summed E-state index contributed by atoms with van der Waals surface area (Å²) in [4.78, 5) is 16.7. The van der Waals surface area contributed by atoms with E-state index in [1.54, 1.807) is 36.5 Å². The molecule has 0 aliphatic heterocycles. The van der Waals surface area contributed by atoms with Crippen molar-refractivity contribution in [3.05, 3.63) is 47.8 Å². The van der Waals surface area contributed by atoms with Crippen molar-refractivity contribution in [3.8, 4) is 17.2 Å². The van der Waals surface area contributed by atoms with Crippen LogP contribution in [0.1, 0.15) is 16.1 Å². The molecule has 5 nitrogen and oxygen atoms in total. The summed E-state index contributed by atoms with van der Waals surface area (Å²) in [5.74, 6) is 1.02. The van der Waals surface area contributed by atoms with Crippen molar-refractivity contribution < 1.29 is 19.0 Å². The number of benzene rings is 1. The van der Waals surface area contributed by atoms with Crippen LogP contribution in [0.15, 0.2) is 36.5 Å². The molecule has 0 saturated heterocycles. The van der Waals surface area contributed by atoms with E-state index < -0.39 is 0 Å². The molecule has 0 atom stereocenters. The van der Waals surface area contributed by atoms with E-state index in [9.17, 15) is 4.79 Å². The number of pyridine rings is 1. The quantitative estimate of drug-likeness (QED) is 0.783. The van der Waals surface area contributed by atoms with E-state index in [1.165, 1.54) is 21.3 Å². The van der Waals surface area contributed by atoms with Crippen molar-refractivity contribution in [2.24, 2.45) is 0 Å². The SMILES string of the molecule is COc1cccnc1C(=O)c1cccc(OC)c1OC. The van der Waals surface area contributed by atoms with Crippen LogP contribution in [0.5, 0.6) is 17.2 Å². The first-order valence-electron chi connectivity index (χ1n) is 5.97. The Balaban J connectivity index is 2.54. The Morgan fingerprint density at radius 3 is 2.30 bits per heavy atom. The number of nitrogens with zero attached hydrogens (tertiary/aromatic N) is 1. The van der Waals surface area contributed by atoms with Gasteiger partial charge in [-0.3, -0.25) is 4.79 Å². The summed E-state index contributed by atoms with van der Waals surface area (Å²) < 4.78 is 15.6. The van der Waals surface area contributed by atoms with Crippen molar-refractivity contribution in [1.82, 2.24) is 4.98 Å². The number of rotatable bonds is 5. The number of methoxy groups -OCH3 is 3. The average molecular weight is 273 g/mol. The molecule has 2 aromatic rings. The molecule has 104 valence electrons. The largest absolute Gasteiger partial charge is 0.494 e. The van der Waals surface area contributed by atoms with Crippen molar-refractivity contribution >= 4 is 5.78 Å². The van der Waals surface area contributed by atoms with E-state index in [4.69, 9.17) is 14.2 Å². The Labute approximate surface area is 117 Å². The molecular formula is C15H15NO4. The molecule has 0 radical (unpaired) electrons. The minimum Gasteiger partial charge on any atom is -0.494 e. The summed E-state index contributed by atoms with van der Waals surface area (Å²) >= 11 is 0. The van der Waals surface area contributed by atoms with E-state index in [0.29, 0.717) is 22.8 Å². The van der Waals surface area contributed by atoms with Gasteiger partial charge in [0.05, 0.1) is 26.9 Å². The number of ketones is 1. The van der Waals surface area contributed by atoms with Gasteiger partial charge in [-0.1, -0.05) is 6.07 Å². The lowest BCUT2D eigenvalue weighted by molar-refractivity contribution is 0.102. The van der Waals surface area contributed by atoms with Crippen molar-refractivity contribution in [2.75, 3.05) is 21.3 Å². The number of hydrogen-bond acceptors (Lipinski definition) is 5. The Morgan fingerprint density at radius 1 is 0.950 bits per heavy atom. The van der Waals surface area contributed by atoms with Crippen LogP contribution < -0.4 is 14.2 Å². The number of carbonyl (C=O) groups excluding carboxylic acids is 1. The molecule has 0 amide bonds. The maximum atomic E-state index is 12.6. The normalized spacial score (nSPS) is 9.95. The van der Waals surface area contributed by atoms with Gasteiger partial charge in [-0.05, 0) is 24.3 Å². The molecule has 20 heavy (non-hydrogen) atoms. The van der Waals surface area contributed by atoms with Gasteiger partial charge < -0.3 is 14.2 Å². The van der Waals surface area contributed by atoms with Crippen LogP contribution >= 0.6 is 0 Å². The van der Waals surface area contributed by atoms with E-state index in [-0.39, 0.29) is 11.5 Å². The standard InChI is InChI=1S/C15H15NO4/c1-18-11-8-5-9-16-13(11)14(17)10-6-4-7-12(19-2)15(10)20-3/h4-9H,1-3H3. The van der Waals surface area contributed by atoms with Gasteiger partial charge in [-0.2, -0.15) is 0 Å². The Kier molecular flexibility index (Phi) is 4.20. The third-order valence-electron chi connectivity index (χ3n) is 2.85. The predicted molar refractivity (Wildman–Crippen MR) is 73.8 cm³/mol. The molecule has 0 aliphatic carbocycles. The number of ether oxygens (including phenoxy) is 3. The molecular weight excluding hydrogens is 258 g/mol. The first kappa shape index (κ1) is 13.9. The summed E-state index contributed by atoms with van der Waals surface area (Å²) in [6.07, 6.45) is 1.54. The summed E-state index contributed by atoms with van der Waals surface area (Å²) in [6.45, 7) is 0. The first-order chi connectivity index (χ1) is 9.72. The van der Waals surface area contributed by atoms with Gasteiger partial charge in [0.25, 0.3) is 0 Å². The average Bonchev–Trinajstić information content (AvgIpc) is 2.53. The van der Waals surface area contributed by atoms with Gasteiger partial charge in [0.1, 0.15) is 5.75 Å². The second kappa shape index (κ2) is 6.06. The Hall–Kier alpha value is -2.56. The van der Waals surface area contributed by atoms with Gasteiger partial charge in [0, 0.05) is 6.20 Å². The molecule has 5 heteroatoms. The van der Waals surface area contributed by atoms with E-state index in [1.807, 2.05) is 0 Å². The fourth-order valence-electron chi connectivity index (χ4n) is 1.92. The van der Waals surface area contributed by atoms with Crippen LogP contribution in [-0.2, 0) is 0 Å². The smallest absolute Gasteiger partial charge is 0.219 e. The first-order valence-corrected chi connectivity index (χ1v) is 5.97. The molecule has 0 fully saturated rings. The molecule has 0 N–H and O–H groups in total. The molecule has 0 unspecified atom stereocenters. The zero-order valence-corrected chi connectivity index (χ0v) is 11.5. The highest BCUT2D eigenvalue weighted by molar-refractivity contribution is 6.11. The highest BCUT2D eigenvalue weighted by Gasteiger charge is 2.21. The number of para-hydroxylation sites is 1. The highest BCUT2D eigenvalue weighted by atomic mass is 16.5. The third-order valence-corrected chi connectivity index (χ3v) is 2.85. The van der Waals surface area contributed by atoms with Crippen LogP contribution in [0.3, 0.4) is 0 Å². The molecule has 0 spiro atoms. The highest BCUT2D eigenvalue weighted by Crippen LogP contribution is 2.33. The topological polar surface area (TPSA) is 57.7 Å². The van der Waals surface area contributed by atoms with Gasteiger partial charge >= 0.3 is 0 Å². The summed E-state index contributed by atoms with van der Waals surface area (Å²) in [5.41, 5.74) is 0.616. The van der Waals surface area contributed by atoms with Crippen LogP contribution in [0.2, 0.25) is 0 Å². The summed E-state index contributed by atoms with van der Waals surface area (Å²) in [6, 6.07) is 8.51. The molecule has 1 aromatic carbocycles. The van der Waals surface area contributed by atoms with E-state index in [2.05, 4.69) is 4.98 Å². The van der Waals surface area contributed by atoms with Crippen LogP contribution in [0.4, 0.5) is 0 Å². The fraction of sp³-hybridized carbons (Fsp3) is 0.200. The minimum absolute atomic E-state index is 0.238. The molecule has 0 saturated carbocycles. The van der Waals surface area contributed by atoms with E-state index >= 15 is 0 Å². The Bertz CT molecular complexity index is 625. The van der Waals surface area contributed by atoms with Gasteiger partial charge in [-0.25, -0.2) is 4.98 Å². The number of carbonyl (C=O) groups is 1. The molecule has 1 aromatic heterocycles. The van der Waals surface area contributed by atoms with Gasteiger partial charge in [-0.15, -0.1) is 0 Å². The lowest BCUT2D eigenvalue weighted by Crippen LogP contribution is -2.08. The number of aromatic nitrogens is 1. The van der Waals surface area contributed by atoms with Gasteiger partial charge in [0.15, 0.2) is 17.2 Å². The zero-order chi connectivity index (χ0) is 14.5. The third kappa shape index (κ3) is 2.42. The van der Waals surface area contributed by atoms with Crippen LogP contribution in [0, 0.1) is 0 Å². The van der Waals surface area contributed by atoms with Crippen molar-refractivity contribution in [3.63, 3.8) is 0 Å². The lowest BCUT2D eigenvalue weighted by Gasteiger charge is -2.12. The van der Waals surface area contributed by atoms with Crippen molar-refractivity contribution in [2.45, 2.75) is 0 Å². The van der Waals surface area contributed by atoms with Crippen molar-refractivity contribution in [1.29, 1.82) is 0 Å². The zero-order valence-electron chi connectivity index (χ0n) is 11.5. The van der Waals surface area contributed by atoms with Gasteiger partial charge in [0.2, 0.25) is 5.78 Å². The lowest BCUT2D eigenvalue weighted by atomic mass is 10.1.